The van der Waals surface area contributed by atoms with Crippen LogP contribution < -0.4 is 4.74 Å². The largest absolute Gasteiger partial charge is 0.489 e. The van der Waals surface area contributed by atoms with Gasteiger partial charge < -0.3 is 4.74 Å². The lowest BCUT2D eigenvalue weighted by Crippen LogP contribution is -1.99. The molecule has 2 aromatic carbocycles. The van der Waals surface area contributed by atoms with Crippen molar-refractivity contribution in [2.45, 2.75) is 34.3 Å². The maximum Gasteiger partial charge on any atom is 0.159 e. The normalized spacial score (nSPS) is 10.4. The summed E-state index contributed by atoms with van der Waals surface area (Å²) in [5, 5.41) is 0. The molecule has 0 saturated heterocycles. The molecule has 2 aromatic rings. The number of hydrogen-bond acceptors (Lipinski definition) is 2. The van der Waals surface area contributed by atoms with Crippen LogP contribution in [0.4, 0.5) is 0 Å². The van der Waals surface area contributed by atoms with Crippen LogP contribution in [0.15, 0.2) is 36.4 Å². The Bertz CT molecular complexity index is 642. The molecule has 2 heteroatoms. The standard InChI is InChI=1S/C18H20O2/c1-12-5-6-16(9-13(12)2)11-20-18-8-7-17(15(4)19)10-14(18)3/h5-10H,11H2,1-4H3. The van der Waals surface area contributed by atoms with Gasteiger partial charge in [0, 0.05) is 5.56 Å². The third-order valence-electron chi connectivity index (χ3n) is 3.55. The molecule has 0 aliphatic carbocycles. The number of hydrogen-bond donors (Lipinski definition) is 0. The van der Waals surface area contributed by atoms with Gasteiger partial charge in [0.05, 0.1) is 0 Å². The highest BCUT2D eigenvalue weighted by Crippen LogP contribution is 2.21. The fraction of sp³-hybridized carbons (Fsp3) is 0.278. The predicted molar refractivity (Wildman–Crippen MR) is 81.4 cm³/mol. The molecule has 0 amide bonds. The minimum atomic E-state index is 0.0776. The van der Waals surface area contributed by atoms with E-state index in [1.54, 1.807) is 6.92 Å². The molecule has 2 nitrogen and oxygen atoms in total. The van der Waals surface area contributed by atoms with Gasteiger partial charge in [0.15, 0.2) is 5.78 Å². The summed E-state index contributed by atoms with van der Waals surface area (Å²) in [7, 11) is 0. The average Bonchev–Trinajstić information content (AvgIpc) is 2.41. The first-order valence-corrected chi connectivity index (χ1v) is 6.78. The molecule has 0 N–H and O–H groups in total. The maximum absolute atomic E-state index is 11.3. The Morgan fingerprint density at radius 1 is 0.950 bits per heavy atom. The molecular formula is C18H20O2. The molecular weight excluding hydrogens is 248 g/mol. The first-order chi connectivity index (χ1) is 9.47. The zero-order valence-corrected chi connectivity index (χ0v) is 12.5. The van der Waals surface area contributed by atoms with Crippen molar-refractivity contribution in [3.8, 4) is 5.75 Å². The van der Waals surface area contributed by atoms with E-state index in [4.69, 9.17) is 4.74 Å². The fourth-order valence-electron chi connectivity index (χ4n) is 2.08. The van der Waals surface area contributed by atoms with Crippen LogP contribution in [0.3, 0.4) is 0 Å². The van der Waals surface area contributed by atoms with Gasteiger partial charge in [0.25, 0.3) is 0 Å². The van der Waals surface area contributed by atoms with Crippen molar-refractivity contribution in [1.29, 1.82) is 0 Å². The highest BCUT2D eigenvalue weighted by molar-refractivity contribution is 5.94. The summed E-state index contributed by atoms with van der Waals surface area (Å²) < 4.78 is 5.84. The lowest BCUT2D eigenvalue weighted by molar-refractivity contribution is 0.101. The molecule has 20 heavy (non-hydrogen) atoms. The van der Waals surface area contributed by atoms with Crippen LogP contribution >= 0.6 is 0 Å². The molecule has 2 rings (SSSR count). The SMILES string of the molecule is CC(=O)c1ccc(OCc2ccc(C)c(C)c2)c(C)c1. The van der Waals surface area contributed by atoms with Crippen LogP contribution in [-0.2, 0) is 6.61 Å². The molecule has 104 valence electrons. The van der Waals surface area contributed by atoms with Crippen molar-refractivity contribution < 1.29 is 9.53 Å². The number of Topliss-reactive ketones (excluding diaryl/α,β-unsaturated/α-hetero) is 1. The number of carbonyl (C=O) groups is 1. The third-order valence-corrected chi connectivity index (χ3v) is 3.55. The topological polar surface area (TPSA) is 26.3 Å². The predicted octanol–water partition coefficient (Wildman–Crippen LogP) is 4.39. The second kappa shape index (κ2) is 5.91. The average molecular weight is 268 g/mol. The summed E-state index contributed by atoms with van der Waals surface area (Å²) in [4.78, 5) is 11.3. The molecule has 0 fully saturated rings. The Morgan fingerprint density at radius 3 is 2.30 bits per heavy atom. The Morgan fingerprint density at radius 2 is 1.70 bits per heavy atom. The fourth-order valence-corrected chi connectivity index (χ4v) is 2.08. The zero-order valence-electron chi connectivity index (χ0n) is 12.5. The van der Waals surface area contributed by atoms with Gasteiger partial charge in [-0.1, -0.05) is 18.2 Å². The van der Waals surface area contributed by atoms with E-state index in [2.05, 4.69) is 32.0 Å². The van der Waals surface area contributed by atoms with Crippen molar-refractivity contribution in [3.05, 3.63) is 64.2 Å². The molecule has 0 spiro atoms. The van der Waals surface area contributed by atoms with Gasteiger partial charge in [0.1, 0.15) is 12.4 Å². The van der Waals surface area contributed by atoms with Crippen LogP contribution in [0.2, 0.25) is 0 Å². The maximum atomic E-state index is 11.3. The minimum Gasteiger partial charge on any atom is -0.489 e. The third kappa shape index (κ3) is 3.27. The summed E-state index contributed by atoms with van der Waals surface area (Å²) in [6.07, 6.45) is 0. The van der Waals surface area contributed by atoms with E-state index >= 15 is 0 Å². The molecule has 0 aromatic heterocycles. The number of aryl methyl sites for hydroxylation is 3. The highest BCUT2D eigenvalue weighted by atomic mass is 16.5. The summed E-state index contributed by atoms with van der Waals surface area (Å²) in [5.74, 6) is 0.905. The van der Waals surface area contributed by atoms with Gasteiger partial charge in [-0.05, 0) is 68.1 Å². The van der Waals surface area contributed by atoms with Gasteiger partial charge in [-0.15, -0.1) is 0 Å². The van der Waals surface area contributed by atoms with Crippen molar-refractivity contribution in [3.63, 3.8) is 0 Å². The van der Waals surface area contributed by atoms with E-state index in [1.165, 1.54) is 11.1 Å². The number of carbonyl (C=O) groups excluding carboxylic acids is 1. The van der Waals surface area contributed by atoms with Crippen molar-refractivity contribution in [1.82, 2.24) is 0 Å². The van der Waals surface area contributed by atoms with E-state index in [1.807, 2.05) is 25.1 Å². The Hall–Kier alpha value is -2.09. The number of ketones is 1. The van der Waals surface area contributed by atoms with Gasteiger partial charge in [-0.2, -0.15) is 0 Å². The van der Waals surface area contributed by atoms with E-state index in [-0.39, 0.29) is 5.78 Å². The smallest absolute Gasteiger partial charge is 0.159 e. The van der Waals surface area contributed by atoms with Crippen LogP contribution in [0.5, 0.6) is 5.75 Å². The lowest BCUT2D eigenvalue weighted by Gasteiger charge is -2.11. The van der Waals surface area contributed by atoms with Gasteiger partial charge >= 0.3 is 0 Å². The van der Waals surface area contributed by atoms with E-state index in [0.717, 1.165) is 22.4 Å². The minimum absolute atomic E-state index is 0.0776. The van der Waals surface area contributed by atoms with Gasteiger partial charge in [0.2, 0.25) is 0 Å². The Balaban J connectivity index is 2.10. The van der Waals surface area contributed by atoms with Crippen LogP contribution in [0.1, 0.15) is 39.5 Å². The molecule has 0 aliphatic rings. The summed E-state index contributed by atoms with van der Waals surface area (Å²) >= 11 is 0. The summed E-state index contributed by atoms with van der Waals surface area (Å²) in [6.45, 7) is 8.28. The van der Waals surface area contributed by atoms with Crippen LogP contribution in [0, 0.1) is 20.8 Å². The number of ether oxygens (including phenoxy) is 1. The monoisotopic (exact) mass is 268 g/mol. The Kier molecular flexibility index (Phi) is 4.23. The van der Waals surface area contributed by atoms with Crippen LogP contribution in [-0.4, -0.2) is 5.78 Å². The highest BCUT2D eigenvalue weighted by Gasteiger charge is 2.05. The molecule has 0 bridgehead atoms. The van der Waals surface area contributed by atoms with Crippen molar-refractivity contribution in [2.75, 3.05) is 0 Å². The zero-order chi connectivity index (χ0) is 14.7. The quantitative estimate of drug-likeness (QED) is 0.768. The molecule has 0 heterocycles. The summed E-state index contributed by atoms with van der Waals surface area (Å²) in [5.41, 5.74) is 5.43. The van der Waals surface area contributed by atoms with Crippen molar-refractivity contribution >= 4 is 5.78 Å². The lowest BCUT2D eigenvalue weighted by atomic mass is 10.1. The van der Waals surface area contributed by atoms with E-state index in [9.17, 15) is 4.79 Å². The van der Waals surface area contributed by atoms with E-state index in [0.29, 0.717) is 6.61 Å². The number of rotatable bonds is 4. The second-order valence-electron chi connectivity index (χ2n) is 5.24. The number of benzene rings is 2. The van der Waals surface area contributed by atoms with Gasteiger partial charge in [-0.25, -0.2) is 0 Å². The first-order valence-electron chi connectivity index (χ1n) is 6.78. The first kappa shape index (κ1) is 14.3. The molecule has 0 saturated carbocycles. The molecule has 0 aliphatic heterocycles. The molecule has 0 atom stereocenters. The van der Waals surface area contributed by atoms with Crippen molar-refractivity contribution in [2.24, 2.45) is 0 Å². The Labute approximate surface area is 120 Å². The van der Waals surface area contributed by atoms with Gasteiger partial charge in [-0.3, -0.25) is 4.79 Å². The van der Waals surface area contributed by atoms with E-state index < -0.39 is 0 Å². The van der Waals surface area contributed by atoms with Crippen LogP contribution in [0.25, 0.3) is 0 Å². The molecule has 0 radical (unpaired) electrons. The molecule has 0 unspecified atom stereocenters. The second-order valence-corrected chi connectivity index (χ2v) is 5.24. The summed E-state index contributed by atoms with van der Waals surface area (Å²) in [6, 6.07) is 11.9.